The van der Waals surface area contributed by atoms with Crippen molar-refractivity contribution in [2.24, 2.45) is 0 Å². The molecule has 0 spiro atoms. The third-order valence-corrected chi connectivity index (χ3v) is 2.75. The number of urea groups is 1. The predicted octanol–water partition coefficient (Wildman–Crippen LogP) is 1.65. The smallest absolute Gasteiger partial charge is 0.326 e. The molecule has 21 heavy (non-hydrogen) atoms. The van der Waals surface area contributed by atoms with Crippen LogP contribution in [-0.2, 0) is 11.2 Å². The molecule has 0 bridgehead atoms. The Balaban J connectivity index is 2.57. The molecular weight excluding hydrogens is 272 g/mol. The summed E-state index contributed by atoms with van der Waals surface area (Å²) < 4.78 is 0. The van der Waals surface area contributed by atoms with Crippen molar-refractivity contribution < 1.29 is 19.8 Å². The molecule has 0 aliphatic carbocycles. The van der Waals surface area contributed by atoms with Crippen LogP contribution < -0.4 is 10.6 Å². The summed E-state index contributed by atoms with van der Waals surface area (Å²) >= 11 is 0. The Kier molecular flexibility index (Phi) is 6.26. The molecule has 2 amide bonds. The van der Waals surface area contributed by atoms with Gasteiger partial charge in [0, 0.05) is 13.0 Å². The molecule has 0 saturated heterocycles. The Labute approximate surface area is 123 Å². The Morgan fingerprint density at radius 1 is 1.24 bits per heavy atom. The van der Waals surface area contributed by atoms with Gasteiger partial charge in [-0.25, -0.2) is 9.59 Å². The number of hydrogen-bond donors (Lipinski definition) is 4. The molecular formula is C15H20N2O4. The topological polar surface area (TPSA) is 98.7 Å². The molecule has 0 fully saturated rings. The largest absolute Gasteiger partial charge is 0.508 e. The second-order valence-corrected chi connectivity index (χ2v) is 4.90. The molecule has 1 unspecified atom stereocenters. The molecule has 0 heterocycles. The summed E-state index contributed by atoms with van der Waals surface area (Å²) in [4.78, 5) is 22.8. The van der Waals surface area contributed by atoms with Crippen LogP contribution in [0.4, 0.5) is 4.79 Å². The maximum absolute atomic E-state index is 11.6. The van der Waals surface area contributed by atoms with Crippen LogP contribution in [-0.4, -0.2) is 34.8 Å². The van der Waals surface area contributed by atoms with Gasteiger partial charge in [-0.3, -0.25) is 0 Å². The van der Waals surface area contributed by atoms with Crippen molar-refractivity contribution in [3.63, 3.8) is 0 Å². The number of allylic oxidation sites excluding steroid dienone is 1. The fourth-order valence-electron chi connectivity index (χ4n) is 1.62. The fourth-order valence-corrected chi connectivity index (χ4v) is 1.62. The number of aliphatic carboxylic acids is 1. The van der Waals surface area contributed by atoms with E-state index in [2.05, 4.69) is 10.6 Å². The first-order chi connectivity index (χ1) is 9.88. The highest BCUT2D eigenvalue weighted by molar-refractivity contribution is 5.82. The van der Waals surface area contributed by atoms with E-state index in [4.69, 9.17) is 5.11 Å². The van der Waals surface area contributed by atoms with E-state index in [-0.39, 0.29) is 12.2 Å². The van der Waals surface area contributed by atoms with Gasteiger partial charge in [0.25, 0.3) is 0 Å². The van der Waals surface area contributed by atoms with Gasteiger partial charge in [0.1, 0.15) is 11.8 Å². The molecule has 6 heteroatoms. The number of rotatable bonds is 6. The molecule has 0 saturated carbocycles. The van der Waals surface area contributed by atoms with Crippen molar-refractivity contribution in [1.82, 2.24) is 10.6 Å². The number of carbonyl (C=O) groups excluding carboxylic acids is 1. The minimum absolute atomic E-state index is 0.109. The number of amides is 2. The summed E-state index contributed by atoms with van der Waals surface area (Å²) in [6.07, 6.45) is 1.97. The second kappa shape index (κ2) is 7.94. The van der Waals surface area contributed by atoms with E-state index < -0.39 is 18.0 Å². The third-order valence-electron chi connectivity index (χ3n) is 2.75. The van der Waals surface area contributed by atoms with E-state index in [1.165, 1.54) is 12.1 Å². The van der Waals surface area contributed by atoms with Gasteiger partial charge < -0.3 is 20.8 Å². The molecule has 1 rings (SSSR count). The zero-order valence-electron chi connectivity index (χ0n) is 12.1. The van der Waals surface area contributed by atoms with Gasteiger partial charge >= 0.3 is 12.0 Å². The van der Waals surface area contributed by atoms with Crippen molar-refractivity contribution in [3.8, 4) is 5.75 Å². The third kappa shape index (κ3) is 6.47. The summed E-state index contributed by atoms with van der Waals surface area (Å²) in [5.41, 5.74) is 1.78. The van der Waals surface area contributed by atoms with Gasteiger partial charge in [0.15, 0.2) is 0 Å². The number of aromatic hydroxyl groups is 1. The Bertz CT molecular complexity index is 519. The van der Waals surface area contributed by atoms with Crippen molar-refractivity contribution >= 4 is 12.0 Å². The number of nitrogens with one attached hydrogen (secondary N) is 2. The lowest BCUT2D eigenvalue weighted by Gasteiger charge is -2.15. The minimum Gasteiger partial charge on any atom is -0.508 e. The molecule has 1 aromatic rings. The van der Waals surface area contributed by atoms with E-state index >= 15 is 0 Å². The van der Waals surface area contributed by atoms with Gasteiger partial charge in [0.2, 0.25) is 0 Å². The van der Waals surface area contributed by atoms with Gasteiger partial charge in [-0.15, -0.1) is 0 Å². The van der Waals surface area contributed by atoms with Gasteiger partial charge in [-0.1, -0.05) is 23.8 Å². The first kappa shape index (κ1) is 16.6. The number of phenols is 1. The first-order valence-electron chi connectivity index (χ1n) is 6.57. The van der Waals surface area contributed by atoms with Gasteiger partial charge in [-0.05, 0) is 31.5 Å². The van der Waals surface area contributed by atoms with Crippen LogP contribution in [0.3, 0.4) is 0 Å². The highest BCUT2D eigenvalue weighted by Gasteiger charge is 2.20. The van der Waals surface area contributed by atoms with E-state index in [1.54, 1.807) is 12.1 Å². The van der Waals surface area contributed by atoms with Crippen LogP contribution in [0, 0.1) is 0 Å². The quantitative estimate of drug-likeness (QED) is 0.599. The summed E-state index contributed by atoms with van der Waals surface area (Å²) in [6, 6.07) is 4.63. The van der Waals surface area contributed by atoms with Crippen LogP contribution in [0.5, 0.6) is 5.75 Å². The van der Waals surface area contributed by atoms with E-state index in [0.717, 1.165) is 5.57 Å². The number of carboxylic acid groups (broad SMARTS) is 1. The number of carbonyl (C=O) groups is 2. The van der Waals surface area contributed by atoms with Crippen molar-refractivity contribution in [2.45, 2.75) is 26.3 Å². The summed E-state index contributed by atoms with van der Waals surface area (Å²) in [5, 5.41) is 23.3. The Morgan fingerprint density at radius 3 is 2.38 bits per heavy atom. The zero-order valence-corrected chi connectivity index (χ0v) is 12.1. The minimum atomic E-state index is -1.11. The molecule has 1 aromatic carbocycles. The number of phenolic OH excluding ortho intramolecular Hbond substituents is 1. The summed E-state index contributed by atoms with van der Waals surface area (Å²) in [7, 11) is 0. The number of carboxylic acids is 1. The van der Waals surface area contributed by atoms with E-state index in [9.17, 15) is 14.7 Å². The Hall–Kier alpha value is -2.50. The van der Waals surface area contributed by atoms with Crippen LogP contribution in [0.25, 0.3) is 0 Å². The molecule has 0 radical (unpaired) electrons. The van der Waals surface area contributed by atoms with Crippen molar-refractivity contribution in [1.29, 1.82) is 0 Å². The average Bonchev–Trinajstić information content (AvgIpc) is 2.40. The number of hydrogen-bond acceptors (Lipinski definition) is 3. The normalized spacial score (nSPS) is 11.3. The monoisotopic (exact) mass is 292 g/mol. The lowest BCUT2D eigenvalue weighted by atomic mass is 10.1. The average molecular weight is 292 g/mol. The molecule has 0 aliphatic rings. The highest BCUT2D eigenvalue weighted by atomic mass is 16.4. The summed E-state index contributed by atoms with van der Waals surface area (Å²) in [5.74, 6) is -1.00. The Morgan fingerprint density at radius 2 is 1.86 bits per heavy atom. The van der Waals surface area contributed by atoms with Crippen LogP contribution in [0.1, 0.15) is 19.4 Å². The van der Waals surface area contributed by atoms with Crippen LogP contribution in [0.2, 0.25) is 0 Å². The molecule has 0 aromatic heterocycles. The molecule has 114 valence electrons. The zero-order chi connectivity index (χ0) is 15.8. The van der Waals surface area contributed by atoms with E-state index in [1.807, 2.05) is 19.9 Å². The van der Waals surface area contributed by atoms with Gasteiger partial charge in [-0.2, -0.15) is 0 Å². The molecule has 6 nitrogen and oxygen atoms in total. The second-order valence-electron chi connectivity index (χ2n) is 4.90. The lowest BCUT2D eigenvalue weighted by molar-refractivity contribution is -0.139. The standard InChI is InChI=1S/C15H20N2O4/c1-10(2)7-8-16-15(21)17-13(14(19)20)9-11-3-5-12(18)6-4-11/h3-7,13,18H,8-9H2,1-2H3,(H,19,20)(H2,16,17,21). The van der Waals surface area contributed by atoms with Crippen LogP contribution >= 0.6 is 0 Å². The van der Waals surface area contributed by atoms with Crippen LogP contribution in [0.15, 0.2) is 35.9 Å². The molecule has 0 aliphatic heterocycles. The fraction of sp³-hybridized carbons (Fsp3) is 0.333. The van der Waals surface area contributed by atoms with Gasteiger partial charge in [0.05, 0.1) is 0 Å². The van der Waals surface area contributed by atoms with E-state index in [0.29, 0.717) is 12.1 Å². The predicted molar refractivity (Wildman–Crippen MR) is 79.2 cm³/mol. The lowest BCUT2D eigenvalue weighted by Crippen LogP contribution is -2.47. The highest BCUT2D eigenvalue weighted by Crippen LogP contribution is 2.11. The number of benzene rings is 1. The maximum atomic E-state index is 11.6. The SMILES string of the molecule is CC(C)=CCNC(=O)NC(Cc1ccc(O)cc1)C(=O)O. The first-order valence-corrected chi connectivity index (χ1v) is 6.57. The van der Waals surface area contributed by atoms with Crippen molar-refractivity contribution in [3.05, 3.63) is 41.5 Å². The molecule has 1 atom stereocenters. The molecule has 4 N–H and O–H groups in total. The summed E-state index contributed by atoms with van der Waals surface area (Å²) in [6.45, 7) is 4.16. The maximum Gasteiger partial charge on any atom is 0.326 e. The van der Waals surface area contributed by atoms with Crippen molar-refractivity contribution in [2.75, 3.05) is 6.54 Å².